The third-order valence-electron chi connectivity index (χ3n) is 3.10. The first-order valence-corrected chi connectivity index (χ1v) is 7.32. The van der Waals surface area contributed by atoms with Crippen molar-refractivity contribution in [3.05, 3.63) is 41.1 Å². The maximum atomic E-state index is 11.8. The van der Waals surface area contributed by atoms with Crippen molar-refractivity contribution in [2.45, 2.75) is 26.2 Å². The first-order valence-electron chi connectivity index (χ1n) is 6.94. The SMILES string of the molecule is CCCCC(=O)Nc1cc(-c2ccc(C(=O)O)o2)ccc1Cl. The third kappa shape index (κ3) is 3.89. The monoisotopic (exact) mass is 321 g/mol. The van der Waals surface area contributed by atoms with Crippen molar-refractivity contribution < 1.29 is 19.1 Å². The average Bonchev–Trinajstić information content (AvgIpc) is 2.97. The zero-order chi connectivity index (χ0) is 16.1. The average molecular weight is 322 g/mol. The molecule has 2 rings (SSSR count). The van der Waals surface area contributed by atoms with Gasteiger partial charge in [-0.25, -0.2) is 4.79 Å². The molecule has 0 saturated carbocycles. The smallest absolute Gasteiger partial charge is 0.371 e. The summed E-state index contributed by atoms with van der Waals surface area (Å²) in [6, 6.07) is 7.95. The molecule has 0 radical (unpaired) electrons. The number of anilines is 1. The van der Waals surface area contributed by atoms with Crippen LogP contribution in [0.2, 0.25) is 5.02 Å². The van der Waals surface area contributed by atoms with Crippen molar-refractivity contribution in [1.82, 2.24) is 0 Å². The van der Waals surface area contributed by atoms with Crippen LogP contribution in [-0.4, -0.2) is 17.0 Å². The lowest BCUT2D eigenvalue weighted by atomic mass is 10.1. The molecule has 0 unspecified atom stereocenters. The van der Waals surface area contributed by atoms with Crippen LogP contribution in [0.3, 0.4) is 0 Å². The summed E-state index contributed by atoms with van der Waals surface area (Å²) < 4.78 is 5.24. The number of rotatable bonds is 6. The van der Waals surface area contributed by atoms with E-state index >= 15 is 0 Å². The molecule has 0 atom stereocenters. The normalized spacial score (nSPS) is 10.5. The van der Waals surface area contributed by atoms with E-state index in [1.165, 1.54) is 6.07 Å². The largest absolute Gasteiger partial charge is 0.475 e. The van der Waals surface area contributed by atoms with Crippen molar-refractivity contribution in [2.75, 3.05) is 5.32 Å². The summed E-state index contributed by atoms with van der Waals surface area (Å²) in [5.41, 5.74) is 1.12. The topological polar surface area (TPSA) is 79.5 Å². The van der Waals surface area contributed by atoms with Gasteiger partial charge in [0.1, 0.15) is 5.76 Å². The van der Waals surface area contributed by atoms with Crippen LogP contribution in [-0.2, 0) is 4.79 Å². The molecular weight excluding hydrogens is 306 g/mol. The minimum Gasteiger partial charge on any atom is -0.475 e. The van der Waals surface area contributed by atoms with Crippen molar-refractivity contribution in [3.63, 3.8) is 0 Å². The van der Waals surface area contributed by atoms with Crippen LogP contribution in [0.15, 0.2) is 34.7 Å². The van der Waals surface area contributed by atoms with E-state index in [4.69, 9.17) is 21.1 Å². The molecule has 0 aliphatic heterocycles. The number of nitrogens with one attached hydrogen (secondary N) is 1. The Hall–Kier alpha value is -2.27. The highest BCUT2D eigenvalue weighted by atomic mass is 35.5. The van der Waals surface area contributed by atoms with Gasteiger partial charge < -0.3 is 14.8 Å². The second-order valence-electron chi connectivity index (χ2n) is 4.82. The fourth-order valence-corrected chi connectivity index (χ4v) is 2.10. The Bertz CT molecular complexity index is 693. The van der Waals surface area contributed by atoms with Gasteiger partial charge in [0.2, 0.25) is 11.7 Å². The molecule has 116 valence electrons. The highest BCUT2D eigenvalue weighted by Crippen LogP contribution is 2.30. The molecule has 5 nitrogen and oxygen atoms in total. The molecule has 0 aliphatic rings. The number of carbonyl (C=O) groups excluding carboxylic acids is 1. The van der Waals surface area contributed by atoms with Gasteiger partial charge in [-0.15, -0.1) is 0 Å². The fourth-order valence-electron chi connectivity index (χ4n) is 1.93. The Morgan fingerprint density at radius 1 is 1.27 bits per heavy atom. The van der Waals surface area contributed by atoms with E-state index in [2.05, 4.69) is 5.32 Å². The van der Waals surface area contributed by atoms with Crippen molar-refractivity contribution in [2.24, 2.45) is 0 Å². The minimum atomic E-state index is -1.13. The number of carboxylic acids is 1. The minimum absolute atomic E-state index is 0.105. The van der Waals surface area contributed by atoms with E-state index in [9.17, 15) is 9.59 Å². The van der Waals surface area contributed by atoms with Crippen molar-refractivity contribution in [1.29, 1.82) is 0 Å². The van der Waals surface area contributed by atoms with E-state index in [1.54, 1.807) is 24.3 Å². The van der Waals surface area contributed by atoms with Gasteiger partial charge in [0.25, 0.3) is 0 Å². The second kappa shape index (κ2) is 7.13. The maximum Gasteiger partial charge on any atom is 0.371 e. The summed E-state index contributed by atoms with van der Waals surface area (Å²) in [7, 11) is 0. The predicted molar refractivity (Wildman–Crippen MR) is 84.3 cm³/mol. The molecule has 0 bridgehead atoms. The number of benzene rings is 1. The molecule has 2 N–H and O–H groups in total. The van der Waals surface area contributed by atoms with Gasteiger partial charge in [-0.2, -0.15) is 0 Å². The molecule has 0 saturated heterocycles. The van der Waals surface area contributed by atoms with E-state index in [-0.39, 0.29) is 11.7 Å². The zero-order valence-electron chi connectivity index (χ0n) is 12.1. The van der Waals surface area contributed by atoms with Crippen LogP contribution >= 0.6 is 11.6 Å². The number of furan rings is 1. The fraction of sp³-hybridized carbons (Fsp3) is 0.250. The highest BCUT2D eigenvalue weighted by molar-refractivity contribution is 6.33. The van der Waals surface area contributed by atoms with E-state index < -0.39 is 5.97 Å². The lowest BCUT2D eigenvalue weighted by Gasteiger charge is -2.08. The Morgan fingerprint density at radius 2 is 2.05 bits per heavy atom. The number of unbranched alkanes of at least 4 members (excludes halogenated alkanes) is 1. The second-order valence-corrected chi connectivity index (χ2v) is 5.22. The van der Waals surface area contributed by atoms with Gasteiger partial charge in [-0.05, 0) is 36.8 Å². The van der Waals surface area contributed by atoms with Gasteiger partial charge in [0.05, 0.1) is 10.7 Å². The molecule has 22 heavy (non-hydrogen) atoms. The molecular formula is C16H16ClNO4. The number of aromatic carboxylic acids is 1. The molecule has 6 heteroatoms. The molecule has 2 aromatic rings. The van der Waals surface area contributed by atoms with Gasteiger partial charge in [-0.1, -0.05) is 24.9 Å². The van der Waals surface area contributed by atoms with Crippen molar-refractivity contribution >= 4 is 29.2 Å². The number of carboxylic acid groups (broad SMARTS) is 1. The Kier molecular flexibility index (Phi) is 5.22. The van der Waals surface area contributed by atoms with Crippen LogP contribution in [0.4, 0.5) is 5.69 Å². The quantitative estimate of drug-likeness (QED) is 0.825. The van der Waals surface area contributed by atoms with Crippen LogP contribution in [0, 0.1) is 0 Å². The van der Waals surface area contributed by atoms with Crippen LogP contribution < -0.4 is 5.32 Å². The van der Waals surface area contributed by atoms with E-state index in [0.29, 0.717) is 28.5 Å². The van der Waals surface area contributed by atoms with E-state index in [0.717, 1.165) is 12.8 Å². The Labute approximate surface area is 132 Å². The zero-order valence-corrected chi connectivity index (χ0v) is 12.8. The van der Waals surface area contributed by atoms with Crippen LogP contribution in [0.5, 0.6) is 0 Å². The molecule has 0 fully saturated rings. The van der Waals surface area contributed by atoms with Gasteiger partial charge in [0.15, 0.2) is 0 Å². The number of carbonyl (C=O) groups is 2. The number of halogens is 1. The highest BCUT2D eigenvalue weighted by Gasteiger charge is 2.12. The van der Waals surface area contributed by atoms with Crippen molar-refractivity contribution in [3.8, 4) is 11.3 Å². The lowest BCUT2D eigenvalue weighted by Crippen LogP contribution is -2.11. The molecule has 0 spiro atoms. The summed E-state index contributed by atoms with van der Waals surface area (Å²) >= 11 is 6.08. The Balaban J connectivity index is 2.22. The Morgan fingerprint density at radius 3 is 2.68 bits per heavy atom. The summed E-state index contributed by atoms with van der Waals surface area (Å²) in [6.45, 7) is 2.01. The summed E-state index contributed by atoms with van der Waals surface area (Å²) in [6.07, 6.45) is 2.18. The number of amides is 1. The maximum absolute atomic E-state index is 11.8. The molecule has 1 aromatic carbocycles. The van der Waals surface area contributed by atoms with Crippen LogP contribution in [0.25, 0.3) is 11.3 Å². The van der Waals surface area contributed by atoms with E-state index in [1.807, 2.05) is 6.92 Å². The van der Waals surface area contributed by atoms with Gasteiger partial charge in [-0.3, -0.25) is 4.79 Å². The number of hydrogen-bond donors (Lipinski definition) is 2. The van der Waals surface area contributed by atoms with Crippen LogP contribution in [0.1, 0.15) is 36.7 Å². The standard InChI is InChI=1S/C16H16ClNO4/c1-2-3-4-15(19)18-12-9-10(5-6-11(12)17)13-7-8-14(22-13)16(20)21/h5-9H,2-4H2,1H3,(H,18,19)(H,20,21). The predicted octanol–water partition coefficient (Wildman–Crippen LogP) is 4.43. The molecule has 0 aliphatic carbocycles. The lowest BCUT2D eigenvalue weighted by molar-refractivity contribution is -0.116. The summed E-state index contributed by atoms with van der Waals surface area (Å²) in [4.78, 5) is 22.6. The first-order chi connectivity index (χ1) is 10.5. The van der Waals surface area contributed by atoms with Gasteiger partial charge >= 0.3 is 5.97 Å². The first kappa shape index (κ1) is 16.1. The molecule has 1 aromatic heterocycles. The molecule has 1 amide bonds. The third-order valence-corrected chi connectivity index (χ3v) is 3.43. The summed E-state index contributed by atoms with van der Waals surface area (Å²) in [5.74, 6) is -0.975. The summed E-state index contributed by atoms with van der Waals surface area (Å²) in [5, 5.41) is 12.0. The number of hydrogen-bond acceptors (Lipinski definition) is 3. The molecule has 1 heterocycles. The van der Waals surface area contributed by atoms with Gasteiger partial charge in [0, 0.05) is 12.0 Å².